The lowest BCUT2D eigenvalue weighted by molar-refractivity contribution is -0.135. The number of halogens is 3. The molecule has 1 atom stereocenters. The molecule has 0 bridgehead atoms. The van der Waals surface area contributed by atoms with E-state index in [0.29, 0.717) is 12.8 Å². The topological polar surface area (TPSA) is 26.0 Å². The average molecular weight is 237 g/mol. The predicted octanol–water partition coefficient (Wildman–Crippen LogP) is 3.35. The molecule has 0 aliphatic heterocycles. The highest BCUT2D eigenvalue weighted by atomic mass is 32.1. The van der Waals surface area contributed by atoms with Crippen LogP contribution < -0.4 is 5.73 Å². The van der Waals surface area contributed by atoms with Gasteiger partial charge in [0.05, 0.1) is 0 Å². The average Bonchev–Trinajstić information content (AvgIpc) is 2.54. The van der Waals surface area contributed by atoms with Gasteiger partial charge < -0.3 is 5.73 Å². The van der Waals surface area contributed by atoms with Crippen molar-refractivity contribution in [1.29, 1.82) is 0 Å². The van der Waals surface area contributed by atoms with Gasteiger partial charge in [0.15, 0.2) is 0 Å². The van der Waals surface area contributed by atoms with Crippen LogP contribution in [0, 0.1) is 0 Å². The van der Waals surface area contributed by atoms with Crippen molar-refractivity contribution in [3.8, 4) is 0 Å². The lowest BCUT2D eigenvalue weighted by Crippen LogP contribution is -2.23. The van der Waals surface area contributed by atoms with E-state index < -0.39 is 12.6 Å². The van der Waals surface area contributed by atoms with Gasteiger partial charge in [-0.3, -0.25) is 0 Å². The highest BCUT2D eigenvalue weighted by Gasteiger charge is 2.26. The molecule has 0 spiro atoms. The number of alkyl halides is 3. The molecular weight excluding hydrogens is 223 g/mol. The van der Waals surface area contributed by atoms with Gasteiger partial charge in [0.1, 0.15) is 0 Å². The maximum Gasteiger partial charge on any atom is 0.389 e. The maximum absolute atomic E-state index is 11.8. The van der Waals surface area contributed by atoms with Crippen LogP contribution in [0.1, 0.15) is 24.1 Å². The molecule has 0 aromatic carbocycles. The number of thiophene rings is 1. The fraction of sp³-hybridized carbons (Fsp3) is 0.600. The smallest absolute Gasteiger partial charge is 0.327 e. The van der Waals surface area contributed by atoms with Gasteiger partial charge in [-0.15, -0.1) is 11.3 Å². The summed E-state index contributed by atoms with van der Waals surface area (Å²) in [6.45, 7) is 0. The molecule has 0 saturated carbocycles. The van der Waals surface area contributed by atoms with Crippen molar-refractivity contribution in [2.45, 2.75) is 37.9 Å². The van der Waals surface area contributed by atoms with Crippen molar-refractivity contribution in [3.05, 3.63) is 22.4 Å². The van der Waals surface area contributed by atoms with Crippen LogP contribution in [0.15, 0.2) is 17.5 Å². The van der Waals surface area contributed by atoms with E-state index in [9.17, 15) is 13.2 Å². The van der Waals surface area contributed by atoms with Gasteiger partial charge in [0.25, 0.3) is 0 Å². The Morgan fingerprint density at radius 1 is 1.40 bits per heavy atom. The van der Waals surface area contributed by atoms with Gasteiger partial charge >= 0.3 is 6.18 Å². The van der Waals surface area contributed by atoms with Gasteiger partial charge in [-0.1, -0.05) is 6.07 Å². The van der Waals surface area contributed by atoms with Gasteiger partial charge in [-0.05, 0) is 30.7 Å². The number of rotatable bonds is 5. The Hall–Kier alpha value is -0.550. The molecule has 1 heterocycles. The summed E-state index contributed by atoms with van der Waals surface area (Å²) in [7, 11) is 0. The molecule has 1 unspecified atom stereocenters. The molecule has 0 amide bonds. The molecule has 1 aromatic heterocycles. The molecule has 15 heavy (non-hydrogen) atoms. The Balaban J connectivity index is 2.17. The van der Waals surface area contributed by atoms with Crippen LogP contribution in [-0.2, 0) is 6.42 Å². The van der Waals surface area contributed by atoms with Crippen molar-refractivity contribution in [2.24, 2.45) is 5.73 Å². The minimum atomic E-state index is -4.05. The van der Waals surface area contributed by atoms with E-state index in [2.05, 4.69) is 0 Å². The number of hydrogen-bond acceptors (Lipinski definition) is 2. The van der Waals surface area contributed by atoms with Crippen LogP contribution >= 0.6 is 11.3 Å². The molecule has 86 valence electrons. The van der Waals surface area contributed by atoms with Crippen LogP contribution in [-0.4, -0.2) is 12.2 Å². The molecule has 0 saturated heterocycles. The highest BCUT2D eigenvalue weighted by molar-refractivity contribution is 7.09. The molecule has 1 rings (SSSR count). The Labute approximate surface area is 91.1 Å². The van der Waals surface area contributed by atoms with Gasteiger partial charge in [0.2, 0.25) is 0 Å². The summed E-state index contributed by atoms with van der Waals surface area (Å²) in [6.07, 6.45) is -3.56. The monoisotopic (exact) mass is 237 g/mol. The van der Waals surface area contributed by atoms with Crippen LogP contribution in [0.4, 0.5) is 13.2 Å². The van der Waals surface area contributed by atoms with E-state index in [0.717, 1.165) is 4.88 Å². The highest BCUT2D eigenvalue weighted by Crippen LogP contribution is 2.23. The van der Waals surface area contributed by atoms with Crippen molar-refractivity contribution in [3.63, 3.8) is 0 Å². The summed E-state index contributed by atoms with van der Waals surface area (Å²) in [4.78, 5) is 1.13. The van der Waals surface area contributed by atoms with Gasteiger partial charge in [-0.25, -0.2) is 0 Å². The minimum Gasteiger partial charge on any atom is -0.327 e. The van der Waals surface area contributed by atoms with E-state index in [1.54, 1.807) is 11.3 Å². The summed E-state index contributed by atoms with van der Waals surface area (Å²) >= 11 is 1.59. The molecule has 0 fully saturated rings. The normalized spacial score (nSPS) is 14.1. The fourth-order valence-electron chi connectivity index (χ4n) is 1.35. The standard InChI is InChI=1S/C10H14F3NS/c11-10(12,13)5-1-3-8(14)7-9-4-2-6-15-9/h2,4,6,8H,1,3,5,7,14H2. The summed E-state index contributed by atoms with van der Waals surface area (Å²) < 4.78 is 35.5. The largest absolute Gasteiger partial charge is 0.389 e. The first-order chi connectivity index (χ1) is 6.97. The van der Waals surface area contributed by atoms with E-state index >= 15 is 0 Å². The molecule has 1 aromatic rings. The zero-order chi connectivity index (χ0) is 11.3. The molecule has 0 aliphatic rings. The third kappa shape index (κ3) is 5.79. The maximum atomic E-state index is 11.8. The molecule has 2 N–H and O–H groups in total. The lowest BCUT2D eigenvalue weighted by atomic mass is 10.1. The van der Waals surface area contributed by atoms with Crippen LogP contribution in [0.25, 0.3) is 0 Å². The fourth-order valence-corrected chi connectivity index (χ4v) is 2.15. The van der Waals surface area contributed by atoms with E-state index in [1.165, 1.54) is 0 Å². The third-order valence-electron chi connectivity index (χ3n) is 2.08. The Kier molecular flexibility index (Phi) is 4.60. The minimum absolute atomic E-state index is 0.121. The van der Waals surface area contributed by atoms with Gasteiger partial charge in [0, 0.05) is 17.3 Å². The summed E-state index contributed by atoms with van der Waals surface area (Å²) in [5, 5.41) is 1.94. The second-order valence-electron chi connectivity index (χ2n) is 3.55. The zero-order valence-corrected chi connectivity index (χ0v) is 9.07. The van der Waals surface area contributed by atoms with Crippen molar-refractivity contribution >= 4 is 11.3 Å². The lowest BCUT2D eigenvalue weighted by Gasteiger charge is -2.11. The molecule has 1 nitrogen and oxygen atoms in total. The van der Waals surface area contributed by atoms with Crippen molar-refractivity contribution in [1.82, 2.24) is 0 Å². The first-order valence-corrected chi connectivity index (χ1v) is 5.70. The quantitative estimate of drug-likeness (QED) is 0.835. The van der Waals surface area contributed by atoms with Crippen molar-refractivity contribution < 1.29 is 13.2 Å². The summed E-state index contributed by atoms with van der Waals surface area (Å²) in [5.74, 6) is 0. The molecule has 0 radical (unpaired) electrons. The van der Waals surface area contributed by atoms with E-state index in [1.807, 2.05) is 17.5 Å². The number of nitrogens with two attached hydrogens (primary N) is 1. The Bertz CT molecular complexity index is 269. The first-order valence-electron chi connectivity index (χ1n) is 4.82. The van der Waals surface area contributed by atoms with Crippen LogP contribution in [0.5, 0.6) is 0 Å². The Morgan fingerprint density at radius 2 is 2.13 bits per heavy atom. The zero-order valence-electron chi connectivity index (χ0n) is 8.26. The van der Waals surface area contributed by atoms with Crippen molar-refractivity contribution in [2.75, 3.05) is 0 Å². The second kappa shape index (κ2) is 5.51. The Morgan fingerprint density at radius 3 is 2.67 bits per heavy atom. The SMILES string of the molecule is NC(CCCC(F)(F)F)Cc1cccs1. The van der Waals surface area contributed by atoms with Crippen LogP contribution in [0.3, 0.4) is 0 Å². The molecule has 0 aliphatic carbocycles. The molecular formula is C10H14F3NS. The van der Waals surface area contributed by atoms with E-state index in [-0.39, 0.29) is 12.5 Å². The molecule has 5 heteroatoms. The van der Waals surface area contributed by atoms with E-state index in [4.69, 9.17) is 5.73 Å². The first kappa shape index (κ1) is 12.5. The number of hydrogen-bond donors (Lipinski definition) is 1. The summed E-state index contributed by atoms with van der Waals surface area (Å²) in [5.41, 5.74) is 5.73. The van der Waals surface area contributed by atoms with Gasteiger partial charge in [-0.2, -0.15) is 13.2 Å². The second-order valence-corrected chi connectivity index (χ2v) is 4.58. The predicted molar refractivity (Wildman–Crippen MR) is 55.9 cm³/mol. The summed E-state index contributed by atoms with van der Waals surface area (Å²) in [6, 6.07) is 3.71. The van der Waals surface area contributed by atoms with Crippen LogP contribution in [0.2, 0.25) is 0 Å². The third-order valence-corrected chi connectivity index (χ3v) is 2.98.